The number of carbonyl (C=O) groups is 1. The molecule has 3 aromatic heterocycles. The van der Waals surface area contributed by atoms with Crippen molar-refractivity contribution >= 4 is 22.5 Å². The molecule has 0 bridgehead atoms. The highest BCUT2D eigenvalue weighted by molar-refractivity contribution is 5.82. The van der Waals surface area contributed by atoms with Crippen LogP contribution in [0.25, 0.3) is 16.6 Å². The summed E-state index contributed by atoms with van der Waals surface area (Å²) in [4.78, 5) is 25.2. The number of fused-ring (bicyclic) bond motifs is 3. The second-order valence-electron chi connectivity index (χ2n) is 6.47. The number of nitrogens with one attached hydrogen (secondary N) is 1. The Balaban J connectivity index is 1.55. The number of rotatable bonds is 6. The van der Waals surface area contributed by atoms with Gasteiger partial charge in [0.15, 0.2) is 17.1 Å². The number of aryl methyl sites for hydroxylation is 1. The quantitative estimate of drug-likeness (QED) is 0.534. The summed E-state index contributed by atoms with van der Waals surface area (Å²) in [6, 6.07) is 8.85. The zero-order valence-electron chi connectivity index (χ0n) is 16.3. The van der Waals surface area contributed by atoms with Crippen molar-refractivity contribution in [2.45, 2.75) is 20.0 Å². The van der Waals surface area contributed by atoms with Gasteiger partial charge in [-0.15, -0.1) is 0 Å². The minimum atomic E-state index is -0.365. The van der Waals surface area contributed by atoms with E-state index in [0.29, 0.717) is 28.4 Å². The highest BCUT2D eigenvalue weighted by Crippen LogP contribution is 2.30. The summed E-state index contributed by atoms with van der Waals surface area (Å²) >= 11 is 0. The van der Waals surface area contributed by atoms with Gasteiger partial charge in [-0.1, -0.05) is 12.1 Å². The van der Waals surface area contributed by atoms with E-state index in [2.05, 4.69) is 10.4 Å². The number of aromatic nitrogens is 3. The first-order valence-corrected chi connectivity index (χ1v) is 8.96. The number of nitrogens with zero attached hydrogens (tertiary/aromatic N) is 3. The molecule has 4 rings (SSSR count). The second-order valence-corrected chi connectivity index (χ2v) is 6.47. The van der Waals surface area contributed by atoms with Gasteiger partial charge in [-0.2, -0.15) is 5.10 Å². The maximum atomic E-state index is 12.8. The van der Waals surface area contributed by atoms with E-state index in [0.717, 1.165) is 15.8 Å². The van der Waals surface area contributed by atoms with Gasteiger partial charge in [-0.25, -0.2) is 4.68 Å². The average Bonchev–Trinajstić information content (AvgIpc) is 3.31. The SMILES string of the molecule is COc1cccc(CNC(=O)Cn2nc(C)n3c(cc4occc43)c2=O)c1OC. The van der Waals surface area contributed by atoms with Crippen LogP contribution in [0.5, 0.6) is 11.5 Å². The predicted molar refractivity (Wildman–Crippen MR) is 105 cm³/mol. The van der Waals surface area contributed by atoms with Crippen LogP contribution in [0.4, 0.5) is 0 Å². The third kappa shape index (κ3) is 3.20. The summed E-state index contributed by atoms with van der Waals surface area (Å²) in [5, 5.41) is 7.07. The lowest BCUT2D eigenvalue weighted by molar-refractivity contribution is -0.122. The topological polar surface area (TPSA) is 100 Å². The number of amides is 1. The van der Waals surface area contributed by atoms with Crippen molar-refractivity contribution in [2.75, 3.05) is 14.2 Å². The molecule has 1 aromatic carbocycles. The van der Waals surface area contributed by atoms with Crippen LogP contribution in [0, 0.1) is 6.92 Å². The van der Waals surface area contributed by atoms with Gasteiger partial charge in [-0.3, -0.25) is 14.0 Å². The number of carbonyl (C=O) groups excluding carboxylic acids is 1. The maximum absolute atomic E-state index is 12.8. The van der Waals surface area contributed by atoms with Crippen LogP contribution in [0.2, 0.25) is 0 Å². The number of methoxy groups -OCH3 is 2. The van der Waals surface area contributed by atoms with Crippen LogP contribution in [-0.4, -0.2) is 34.3 Å². The summed E-state index contributed by atoms with van der Waals surface area (Å²) in [5.41, 5.74) is 2.17. The Morgan fingerprint density at radius 2 is 2.03 bits per heavy atom. The highest BCUT2D eigenvalue weighted by atomic mass is 16.5. The molecule has 0 fully saturated rings. The standard InChI is InChI=1S/C20H20N4O5/c1-12-22-23(20(26)15-9-17-14(24(12)15)7-8-29-17)11-18(25)21-10-13-5-4-6-16(27-2)19(13)28-3/h4-9H,10-11H2,1-3H3,(H,21,25). The first kappa shape index (κ1) is 18.6. The molecule has 29 heavy (non-hydrogen) atoms. The fourth-order valence-corrected chi connectivity index (χ4v) is 3.41. The lowest BCUT2D eigenvalue weighted by Gasteiger charge is -2.13. The van der Waals surface area contributed by atoms with Gasteiger partial charge in [0.05, 0.1) is 26.0 Å². The zero-order valence-corrected chi connectivity index (χ0v) is 16.3. The minimum Gasteiger partial charge on any atom is -0.493 e. The summed E-state index contributed by atoms with van der Waals surface area (Å²) < 4.78 is 18.9. The van der Waals surface area contributed by atoms with E-state index in [1.807, 2.05) is 12.1 Å². The van der Waals surface area contributed by atoms with Crippen LogP contribution >= 0.6 is 0 Å². The first-order valence-electron chi connectivity index (χ1n) is 8.96. The molecule has 150 valence electrons. The zero-order chi connectivity index (χ0) is 20.5. The number of hydrogen-bond acceptors (Lipinski definition) is 6. The molecule has 0 aliphatic heterocycles. The fraction of sp³-hybridized carbons (Fsp3) is 0.250. The third-order valence-electron chi connectivity index (χ3n) is 4.72. The van der Waals surface area contributed by atoms with Gasteiger partial charge in [0.1, 0.15) is 17.9 Å². The van der Waals surface area contributed by atoms with E-state index < -0.39 is 0 Å². The molecule has 3 heterocycles. The Bertz CT molecular complexity index is 1270. The van der Waals surface area contributed by atoms with Crippen molar-refractivity contribution < 1.29 is 18.7 Å². The molecule has 0 atom stereocenters. The smallest absolute Gasteiger partial charge is 0.291 e. The van der Waals surface area contributed by atoms with E-state index in [-0.39, 0.29) is 24.6 Å². The summed E-state index contributed by atoms with van der Waals surface area (Å²) in [5.74, 6) is 1.37. The molecule has 0 aliphatic rings. The van der Waals surface area contributed by atoms with Gasteiger partial charge in [0.2, 0.25) is 5.91 Å². The monoisotopic (exact) mass is 396 g/mol. The van der Waals surface area contributed by atoms with Crippen molar-refractivity contribution in [1.82, 2.24) is 19.5 Å². The molecular weight excluding hydrogens is 376 g/mol. The Hall–Kier alpha value is -3.75. The van der Waals surface area contributed by atoms with Crippen molar-refractivity contribution in [1.29, 1.82) is 0 Å². The molecule has 1 amide bonds. The molecule has 0 spiro atoms. The first-order chi connectivity index (χ1) is 14.0. The maximum Gasteiger partial charge on any atom is 0.291 e. The predicted octanol–water partition coefficient (Wildman–Crippen LogP) is 1.88. The largest absolute Gasteiger partial charge is 0.493 e. The Morgan fingerprint density at radius 3 is 2.79 bits per heavy atom. The fourth-order valence-electron chi connectivity index (χ4n) is 3.41. The number of hydrogen-bond donors (Lipinski definition) is 1. The van der Waals surface area contributed by atoms with E-state index >= 15 is 0 Å². The lowest BCUT2D eigenvalue weighted by atomic mass is 10.2. The molecule has 0 unspecified atom stereocenters. The van der Waals surface area contributed by atoms with E-state index in [4.69, 9.17) is 13.9 Å². The molecule has 1 N–H and O–H groups in total. The van der Waals surface area contributed by atoms with Crippen LogP contribution < -0.4 is 20.3 Å². The van der Waals surface area contributed by atoms with E-state index in [1.54, 1.807) is 50.0 Å². The lowest BCUT2D eigenvalue weighted by Crippen LogP contribution is -2.34. The molecule has 0 saturated heterocycles. The van der Waals surface area contributed by atoms with Crippen molar-refractivity contribution in [3.63, 3.8) is 0 Å². The Labute approximate surface area is 165 Å². The van der Waals surface area contributed by atoms with E-state index in [9.17, 15) is 9.59 Å². The van der Waals surface area contributed by atoms with E-state index in [1.165, 1.54) is 0 Å². The molecule has 9 heteroatoms. The van der Waals surface area contributed by atoms with Crippen LogP contribution in [0.1, 0.15) is 11.4 Å². The number of ether oxygens (including phenoxy) is 2. The highest BCUT2D eigenvalue weighted by Gasteiger charge is 2.16. The Kier molecular flexibility index (Phi) is 4.71. The molecule has 0 aliphatic carbocycles. The summed E-state index contributed by atoms with van der Waals surface area (Å²) in [6.07, 6.45) is 1.56. The average molecular weight is 396 g/mol. The van der Waals surface area contributed by atoms with Crippen molar-refractivity contribution in [3.05, 3.63) is 58.3 Å². The normalized spacial score (nSPS) is 11.1. The van der Waals surface area contributed by atoms with Crippen LogP contribution in [0.15, 0.2) is 45.8 Å². The minimum absolute atomic E-state index is 0.199. The van der Waals surface area contributed by atoms with Gasteiger partial charge < -0.3 is 19.2 Å². The molecule has 4 aromatic rings. The Morgan fingerprint density at radius 1 is 1.21 bits per heavy atom. The molecule has 9 nitrogen and oxygen atoms in total. The molecular formula is C20H20N4O5. The van der Waals surface area contributed by atoms with Crippen molar-refractivity contribution in [3.8, 4) is 11.5 Å². The van der Waals surface area contributed by atoms with Crippen LogP contribution in [-0.2, 0) is 17.9 Å². The van der Waals surface area contributed by atoms with Gasteiger partial charge >= 0.3 is 0 Å². The second kappa shape index (κ2) is 7.34. The van der Waals surface area contributed by atoms with Gasteiger partial charge in [0, 0.05) is 24.2 Å². The molecule has 0 radical (unpaired) electrons. The molecule has 0 saturated carbocycles. The van der Waals surface area contributed by atoms with Gasteiger partial charge in [0.25, 0.3) is 5.56 Å². The number of para-hydroxylation sites is 1. The number of benzene rings is 1. The van der Waals surface area contributed by atoms with Gasteiger partial charge in [-0.05, 0) is 13.0 Å². The third-order valence-corrected chi connectivity index (χ3v) is 4.72. The summed E-state index contributed by atoms with van der Waals surface area (Å²) in [7, 11) is 3.09. The van der Waals surface area contributed by atoms with Crippen molar-refractivity contribution in [2.24, 2.45) is 0 Å². The summed E-state index contributed by atoms with van der Waals surface area (Å²) in [6.45, 7) is 1.80. The van der Waals surface area contributed by atoms with Crippen LogP contribution in [0.3, 0.4) is 0 Å². The number of furan rings is 1.